The van der Waals surface area contributed by atoms with Gasteiger partial charge in [0.25, 0.3) is 0 Å². The number of carbonyl (C=O) groups is 1. The third-order valence-electron chi connectivity index (χ3n) is 2.45. The van der Waals surface area contributed by atoms with Crippen LogP contribution in [0.5, 0.6) is 0 Å². The van der Waals surface area contributed by atoms with Crippen molar-refractivity contribution in [1.82, 2.24) is 15.5 Å². The Kier molecular flexibility index (Phi) is 3.24. The summed E-state index contributed by atoms with van der Waals surface area (Å²) >= 11 is 0. The van der Waals surface area contributed by atoms with E-state index >= 15 is 0 Å². The fraction of sp³-hybridized carbons (Fsp3) is 0.500. The van der Waals surface area contributed by atoms with Crippen LogP contribution in [0.2, 0.25) is 0 Å². The van der Waals surface area contributed by atoms with Crippen molar-refractivity contribution in [2.45, 2.75) is 25.3 Å². The smallest absolute Gasteiger partial charge is 0.242 e. The molecule has 0 aliphatic carbocycles. The van der Waals surface area contributed by atoms with Crippen molar-refractivity contribution >= 4 is 11.7 Å². The van der Waals surface area contributed by atoms with Gasteiger partial charge in [0, 0.05) is 6.20 Å². The first-order valence-corrected chi connectivity index (χ1v) is 5.18. The predicted octanol–water partition coefficient (Wildman–Crippen LogP) is 0.557. The molecule has 0 saturated carbocycles. The van der Waals surface area contributed by atoms with Crippen LogP contribution >= 0.6 is 0 Å². The second-order valence-electron chi connectivity index (χ2n) is 3.60. The summed E-state index contributed by atoms with van der Waals surface area (Å²) in [5.74, 6) is 0.491. The fourth-order valence-electron chi connectivity index (χ4n) is 1.66. The molecule has 1 saturated heterocycles. The van der Waals surface area contributed by atoms with Crippen molar-refractivity contribution in [3.8, 4) is 0 Å². The molecule has 2 heterocycles. The Morgan fingerprint density at radius 1 is 1.53 bits per heavy atom. The number of piperidine rings is 1. The van der Waals surface area contributed by atoms with Crippen LogP contribution in [0, 0.1) is 0 Å². The topological polar surface area (TPSA) is 66.9 Å². The van der Waals surface area contributed by atoms with E-state index in [2.05, 4.69) is 20.8 Å². The predicted molar refractivity (Wildman–Crippen MR) is 56.3 cm³/mol. The Morgan fingerprint density at radius 2 is 2.47 bits per heavy atom. The van der Waals surface area contributed by atoms with E-state index in [9.17, 15) is 4.79 Å². The minimum atomic E-state index is -0.0826. The third kappa shape index (κ3) is 2.73. The number of amides is 1. The maximum Gasteiger partial charge on any atom is 0.242 e. The lowest BCUT2D eigenvalue weighted by atomic mass is 10.0. The van der Waals surface area contributed by atoms with E-state index < -0.39 is 0 Å². The molecule has 1 aromatic heterocycles. The maximum absolute atomic E-state index is 11.7. The number of carbonyl (C=O) groups excluding carboxylic acids is 1. The van der Waals surface area contributed by atoms with Crippen LogP contribution in [0.4, 0.5) is 5.82 Å². The highest BCUT2D eigenvalue weighted by Gasteiger charge is 2.20. The van der Waals surface area contributed by atoms with Crippen LogP contribution in [-0.2, 0) is 4.79 Å². The van der Waals surface area contributed by atoms with E-state index in [0.29, 0.717) is 5.82 Å². The number of anilines is 1. The van der Waals surface area contributed by atoms with Gasteiger partial charge in [-0.3, -0.25) is 4.79 Å². The molecule has 1 aromatic rings. The van der Waals surface area contributed by atoms with E-state index in [0.717, 1.165) is 25.8 Å². The molecule has 80 valence electrons. The van der Waals surface area contributed by atoms with Crippen LogP contribution in [-0.4, -0.2) is 28.7 Å². The molecule has 2 N–H and O–H groups in total. The van der Waals surface area contributed by atoms with Crippen LogP contribution in [0.3, 0.4) is 0 Å². The SMILES string of the molecule is O=C(Nc1cccnn1)[C@H]1CCCCN1. The van der Waals surface area contributed by atoms with Gasteiger partial charge in [-0.25, -0.2) is 0 Å². The summed E-state index contributed by atoms with van der Waals surface area (Å²) in [4.78, 5) is 11.7. The van der Waals surface area contributed by atoms with Crippen LogP contribution in [0.25, 0.3) is 0 Å². The molecule has 5 nitrogen and oxygen atoms in total. The van der Waals surface area contributed by atoms with E-state index in [4.69, 9.17) is 0 Å². The summed E-state index contributed by atoms with van der Waals surface area (Å²) in [7, 11) is 0. The fourth-order valence-corrected chi connectivity index (χ4v) is 1.66. The molecule has 0 radical (unpaired) electrons. The van der Waals surface area contributed by atoms with E-state index in [1.54, 1.807) is 18.3 Å². The molecular formula is C10H14N4O. The summed E-state index contributed by atoms with van der Waals surface area (Å²) in [6.07, 6.45) is 4.72. The second-order valence-corrected chi connectivity index (χ2v) is 3.60. The van der Waals surface area contributed by atoms with Gasteiger partial charge in [0.05, 0.1) is 6.04 Å². The number of hydrogen-bond acceptors (Lipinski definition) is 4. The lowest BCUT2D eigenvalue weighted by Crippen LogP contribution is -2.43. The van der Waals surface area contributed by atoms with E-state index in [-0.39, 0.29) is 11.9 Å². The molecule has 0 aromatic carbocycles. The zero-order valence-corrected chi connectivity index (χ0v) is 8.44. The van der Waals surface area contributed by atoms with Gasteiger partial charge < -0.3 is 10.6 Å². The maximum atomic E-state index is 11.7. The van der Waals surface area contributed by atoms with E-state index in [1.807, 2.05) is 0 Å². The number of aromatic nitrogens is 2. The van der Waals surface area contributed by atoms with Crippen LogP contribution < -0.4 is 10.6 Å². The van der Waals surface area contributed by atoms with Gasteiger partial charge in [0.1, 0.15) is 0 Å². The molecule has 0 unspecified atom stereocenters. The van der Waals surface area contributed by atoms with Crippen LogP contribution in [0.15, 0.2) is 18.3 Å². The number of nitrogens with one attached hydrogen (secondary N) is 2. The zero-order valence-electron chi connectivity index (χ0n) is 8.44. The van der Waals surface area contributed by atoms with E-state index in [1.165, 1.54) is 0 Å². The Hall–Kier alpha value is -1.49. The van der Waals surface area contributed by atoms with Gasteiger partial charge >= 0.3 is 0 Å². The quantitative estimate of drug-likeness (QED) is 0.742. The van der Waals surface area contributed by atoms with Crippen molar-refractivity contribution in [2.75, 3.05) is 11.9 Å². The minimum absolute atomic E-state index is 0.0183. The second kappa shape index (κ2) is 4.84. The Balaban J connectivity index is 1.91. The average Bonchev–Trinajstić information content (AvgIpc) is 2.31. The van der Waals surface area contributed by atoms with Crippen LogP contribution in [0.1, 0.15) is 19.3 Å². The number of rotatable bonds is 2. The molecule has 1 amide bonds. The standard InChI is InChI=1S/C10H14N4O/c15-10(8-4-1-2-6-11-8)13-9-5-3-7-12-14-9/h3,5,7-8,11H,1-2,4,6H2,(H,13,14,15)/t8-/m1/s1. The Labute approximate surface area is 88.3 Å². The largest absolute Gasteiger partial charge is 0.308 e. The van der Waals surface area contributed by atoms with Gasteiger partial charge in [-0.1, -0.05) is 6.42 Å². The minimum Gasteiger partial charge on any atom is -0.308 e. The van der Waals surface area contributed by atoms with Crippen molar-refractivity contribution in [1.29, 1.82) is 0 Å². The van der Waals surface area contributed by atoms with Gasteiger partial charge in [-0.2, -0.15) is 5.10 Å². The van der Waals surface area contributed by atoms with Crippen molar-refractivity contribution in [3.63, 3.8) is 0 Å². The Bertz CT molecular complexity index is 321. The van der Waals surface area contributed by atoms with Gasteiger partial charge in [-0.05, 0) is 31.5 Å². The summed E-state index contributed by atoms with van der Waals surface area (Å²) in [5, 5.41) is 13.4. The molecule has 15 heavy (non-hydrogen) atoms. The molecule has 1 atom stereocenters. The highest BCUT2D eigenvalue weighted by molar-refractivity contribution is 5.93. The van der Waals surface area contributed by atoms with Gasteiger partial charge in [0.2, 0.25) is 5.91 Å². The molecule has 1 aliphatic rings. The highest BCUT2D eigenvalue weighted by Crippen LogP contribution is 2.09. The summed E-state index contributed by atoms with van der Waals surface area (Å²) in [5.41, 5.74) is 0. The lowest BCUT2D eigenvalue weighted by molar-refractivity contribution is -0.118. The first-order valence-electron chi connectivity index (χ1n) is 5.18. The highest BCUT2D eigenvalue weighted by atomic mass is 16.2. The monoisotopic (exact) mass is 206 g/mol. The van der Waals surface area contributed by atoms with Crippen molar-refractivity contribution in [3.05, 3.63) is 18.3 Å². The first-order chi connectivity index (χ1) is 7.36. The molecule has 1 fully saturated rings. The van der Waals surface area contributed by atoms with Crippen molar-refractivity contribution in [2.24, 2.45) is 0 Å². The third-order valence-corrected chi connectivity index (χ3v) is 2.45. The summed E-state index contributed by atoms with van der Waals surface area (Å²) in [6, 6.07) is 3.39. The number of hydrogen-bond donors (Lipinski definition) is 2. The van der Waals surface area contributed by atoms with Crippen molar-refractivity contribution < 1.29 is 4.79 Å². The molecule has 5 heteroatoms. The van der Waals surface area contributed by atoms with Gasteiger partial charge in [0.15, 0.2) is 5.82 Å². The molecular weight excluding hydrogens is 192 g/mol. The first kappa shape index (κ1) is 10.0. The average molecular weight is 206 g/mol. The Morgan fingerprint density at radius 3 is 3.13 bits per heavy atom. The normalized spacial score (nSPS) is 20.9. The zero-order chi connectivity index (χ0) is 10.5. The summed E-state index contributed by atoms with van der Waals surface area (Å²) in [6.45, 7) is 0.915. The lowest BCUT2D eigenvalue weighted by Gasteiger charge is -2.22. The molecule has 0 spiro atoms. The molecule has 2 rings (SSSR count). The molecule has 0 bridgehead atoms. The molecule has 1 aliphatic heterocycles. The van der Waals surface area contributed by atoms with Gasteiger partial charge in [-0.15, -0.1) is 5.10 Å². The summed E-state index contributed by atoms with van der Waals surface area (Å²) < 4.78 is 0. The number of nitrogens with zero attached hydrogens (tertiary/aromatic N) is 2.